The summed E-state index contributed by atoms with van der Waals surface area (Å²) in [6.07, 6.45) is 2.76. The molecule has 0 aliphatic rings. The molecule has 0 unspecified atom stereocenters. The second kappa shape index (κ2) is 8.77. The Labute approximate surface area is 137 Å². The fraction of sp³-hybridized carbons (Fsp3) is 0.357. The molecule has 0 saturated carbocycles. The van der Waals surface area contributed by atoms with Gasteiger partial charge in [0.05, 0.1) is 12.3 Å². The van der Waals surface area contributed by atoms with Crippen LogP contribution in [0.1, 0.15) is 18.7 Å². The summed E-state index contributed by atoms with van der Waals surface area (Å²) in [5, 5.41) is 11.6. The summed E-state index contributed by atoms with van der Waals surface area (Å²) < 4.78 is 5.47. The van der Waals surface area contributed by atoms with Crippen LogP contribution in [0.5, 0.6) is 0 Å². The summed E-state index contributed by atoms with van der Waals surface area (Å²) in [5.74, 6) is 0.655. The van der Waals surface area contributed by atoms with Crippen LogP contribution in [0.15, 0.2) is 33.9 Å². The zero-order valence-electron chi connectivity index (χ0n) is 12.0. The number of carbonyl (C=O) groups is 1. The first-order valence-electron chi connectivity index (χ1n) is 6.97. The van der Waals surface area contributed by atoms with Gasteiger partial charge in [0, 0.05) is 17.1 Å². The normalized spacial score (nSPS) is 10.6. The molecule has 1 amide bonds. The number of carbonyl (C=O) groups excluding carboxylic acids is 1. The second-order valence-electron chi connectivity index (χ2n) is 4.62. The number of halogens is 1. The van der Waals surface area contributed by atoms with Crippen molar-refractivity contribution in [1.82, 2.24) is 10.2 Å². The SMILES string of the molecule is [NH3+]CCCCc1nnc(SCC(=O)Nc2cccc(Cl)c2)o1. The number of thioether (sulfide) groups is 1. The van der Waals surface area contributed by atoms with E-state index in [4.69, 9.17) is 16.0 Å². The molecule has 2 aromatic rings. The minimum atomic E-state index is -0.149. The second-order valence-corrected chi connectivity index (χ2v) is 5.98. The zero-order chi connectivity index (χ0) is 15.8. The lowest BCUT2D eigenvalue weighted by Crippen LogP contribution is -2.50. The van der Waals surface area contributed by atoms with E-state index in [0.29, 0.717) is 21.8 Å². The van der Waals surface area contributed by atoms with Crippen LogP contribution in [0.4, 0.5) is 5.69 Å². The van der Waals surface area contributed by atoms with Crippen LogP contribution < -0.4 is 11.1 Å². The summed E-state index contributed by atoms with van der Waals surface area (Å²) in [5.41, 5.74) is 4.45. The molecule has 0 spiro atoms. The topological polar surface area (TPSA) is 95.7 Å². The quantitative estimate of drug-likeness (QED) is 0.565. The Kier molecular flexibility index (Phi) is 6.70. The Morgan fingerprint density at radius 1 is 1.36 bits per heavy atom. The van der Waals surface area contributed by atoms with Gasteiger partial charge in [-0.3, -0.25) is 4.79 Å². The van der Waals surface area contributed by atoms with Gasteiger partial charge in [-0.05, 0) is 31.0 Å². The number of hydrogen-bond donors (Lipinski definition) is 2. The lowest BCUT2D eigenvalue weighted by atomic mass is 10.2. The Hall–Kier alpha value is -1.57. The number of nitrogens with zero attached hydrogens (tertiary/aromatic N) is 2. The van der Waals surface area contributed by atoms with E-state index in [2.05, 4.69) is 21.2 Å². The third-order valence-corrected chi connectivity index (χ3v) is 3.83. The van der Waals surface area contributed by atoms with Crippen LogP contribution >= 0.6 is 23.4 Å². The molecule has 0 bridgehead atoms. The van der Waals surface area contributed by atoms with Crippen molar-refractivity contribution >= 4 is 35.0 Å². The highest BCUT2D eigenvalue weighted by atomic mass is 35.5. The van der Waals surface area contributed by atoms with Gasteiger partial charge in [0.2, 0.25) is 11.8 Å². The van der Waals surface area contributed by atoms with Crippen LogP contribution in [-0.2, 0) is 11.2 Å². The monoisotopic (exact) mass is 341 g/mol. The lowest BCUT2D eigenvalue weighted by molar-refractivity contribution is -0.368. The van der Waals surface area contributed by atoms with Crippen molar-refractivity contribution in [3.63, 3.8) is 0 Å². The third kappa shape index (κ3) is 5.67. The molecule has 1 aromatic carbocycles. The van der Waals surface area contributed by atoms with Crippen LogP contribution in [0.2, 0.25) is 5.02 Å². The predicted octanol–water partition coefficient (Wildman–Crippen LogP) is 2.02. The van der Waals surface area contributed by atoms with Crippen LogP contribution in [0.3, 0.4) is 0 Å². The van der Waals surface area contributed by atoms with Crippen molar-refractivity contribution in [2.45, 2.75) is 24.5 Å². The van der Waals surface area contributed by atoms with E-state index >= 15 is 0 Å². The number of unbranched alkanes of at least 4 members (excludes halogenated alkanes) is 1. The average molecular weight is 342 g/mol. The molecular formula is C14H18ClN4O2S+. The van der Waals surface area contributed by atoms with Gasteiger partial charge in [0.15, 0.2) is 0 Å². The molecule has 1 aromatic heterocycles. The van der Waals surface area contributed by atoms with Gasteiger partial charge in [-0.2, -0.15) is 0 Å². The maximum atomic E-state index is 11.8. The van der Waals surface area contributed by atoms with Gasteiger partial charge in [0.1, 0.15) is 0 Å². The molecule has 0 atom stereocenters. The molecule has 0 saturated heterocycles. The smallest absolute Gasteiger partial charge is 0.277 e. The Bertz CT molecular complexity index is 620. The molecule has 0 radical (unpaired) electrons. The van der Waals surface area contributed by atoms with Crippen molar-refractivity contribution in [3.05, 3.63) is 35.2 Å². The van der Waals surface area contributed by atoms with Crippen LogP contribution in [0, 0.1) is 0 Å². The van der Waals surface area contributed by atoms with Gasteiger partial charge < -0.3 is 15.5 Å². The van der Waals surface area contributed by atoms with Gasteiger partial charge in [-0.15, -0.1) is 10.2 Å². The fourth-order valence-electron chi connectivity index (χ4n) is 1.74. The van der Waals surface area contributed by atoms with Crippen molar-refractivity contribution in [2.24, 2.45) is 0 Å². The number of anilines is 1. The maximum Gasteiger partial charge on any atom is 0.277 e. The van der Waals surface area contributed by atoms with Gasteiger partial charge in [-0.1, -0.05) is 29.4 Å². The maximum absolute atomic E-state index is 11.8. The number of aromatic nitrogens is 2. The predicted molar refractivity (Wildman–Crippen MR) is 85.8 cm³/mol. The molecule has 8 heteroatoms. The van der Waals surface area contributed by atoms with E-state index in [1.807, 2.05) is 0 Å². The highest BCUT2D eigenvalue weighted by Gasteiger charge is 2.10. The number of aryl methyl sites for hydroxylation is 1. The summed E-state index contributed by atoms with van der Waals surface area (Å²) in [6.45, 7) is 0.902. The lowest BCUT2D eigenvalue weighted by Gasteiger charge is -2.03. The van der Waals surface area contributed by atoms with E-state index in [1.54, 1.807) is 24.3 Å². The average Bonchev–Trinajstić information content (AvgIpc) is 2.93. The highest BCUT2D eigenvalue weighted by molar-refractivity contribution is 7.99. The minimum absolute atomic E-state index is 0.149. The summed E-state index contributed by atoms with van der Waals surface area (Å²) in [7, 11) is 0. The molecule has 22 heavy (non-hydrogen) atoms. The third-order valence-electron chi connectivity index (χ3n) is 2.77. The number of nitrogens with one attached hydrogen (secondary N) is 1. The number of benzene rings is 1. The first kappa shape index (κ1) is 16.8. The molecule has 0 aliphatic carbocycles. The number of amides is 1. The molecular weight excluding hydrogens is 324 g/mol. The van der Waals surface area contributed by atoms with Gasteiger partial charge in [0.25, 0.3) is 5.22 Å². The van der Waals surface area contributed by atoms with Crippen molar-refractivity contribution in [1.29, 1.82) is 0 Å². The molecule has 0 fully saturated rings. The Balaban J connectivity index is 1.76. The van der Waals surface area contributed by atoms with Crippen LogP contribution in [-0.4, -0.2) is 28.4 Å². The first-order chi connectivity index (χ1) is 10.7. The zero-order valence-corrected chi connectivity index (χ0v) is 13.6. The summed E-state index contributed by atoms with van der Waals surface area (Å²) in [4.78, 5) is 11.8. The van der Waals surface area contributed by atoms with E-state index in [-0.39, 0.29) is 11.7 Å². The van der Waals surface area contributed by atoms with Crippen molar-refractivity contribution < 1.29 is 14.9 Å². The highest BCUT2D eigenvalue weighted by Crippen LogP contribution is 2.18. The Morgan fingerprint density at radius 2 is 2.23 bits per heavy atom. The first-order valence-corrected chi connectivity index (χ1v) is 8.33. The van der Waals surface area contributed by atoms with Crippen molar-refractivity contribution in [2.75, 3.05) is 17.6 Å². The van der Waals surface area contributed by atoms with Gasteiger partial charge in [-0.25, -0.2) is 0 Å². The molecule has 2 rings (SSSR count). The van der Waals surface area contributed by atoms with Crippen LogP contribution in [0.25, 0.3) is 0 Å². The fourth-order valence-corrected chi connectivity index (χ4v) is 2.51. The minimum Gasteiger partial charge on any atom is -0.416 e. The Morgan fingerprint density at radius 3 is 3.00 bits per heavy atom. The van der Waals surface area contributed by atoms with Crippen molar-refractivity contribution in [3.8, 4) is 0 Å². The molecule has 118 valence electrons. The standard InChI is InChI=1S/C14H17ClN4O2S/c15-10-4-3-5-11(8-10)17-12(20)9-22-14-19-18-13(21-14)6-1-2-7-16/h3-5,8H,1-2,6-7,9,16H2,(H,17,20)/p+1. The molecule has 1 heterocycles. The molecule has 6 nitrogen and oxygen atoms in total. The van der Waals surface area contributed by atoms with E-state index in [0.717, 1.165) is 25.8 Å². The summed E-state index contributed by atoms with van der Waals surface area (Å²) >= 11 is 7.08. The number of rotatable bonds is 8. The van der Waals surface area contributed by atoms with E-state index in [1.165, 1.54) is 11.8 Å². The number of hydrogen-bond acceptors (Lipinski definition) is 5. The van der Waals surface area contributed by atoms with Gasteiger partial charge >= 0.3 is 0 Å². The molecule has 4 N–H and O–H groups in total. The number of quaternary nitrogens is 1. The summed E-state index contributed by atoms with van der Waals surface area (Å²) in [6, 6.07) is 7.00. The largest absolute Gasteiger partial charge is 0.416 e. The van der Waals surface area contributed by atoms with E-state index < -0.39 is 0 Å². The molecule has 0 aliphatic heterocycles. The van der Waals surface area contributed by atoms with E-state index in [9.17, 15) is 4.79 Å².